The van der Waals surface area contributed by atoms with Crippen LogP contribution in [0.1, 0.15) is 39.0 Å². The molecule has 0 N–H and O–H groups in total. The molecule has 0 saturated heterocycles. The summed E-state index contributed by atoms with van der Waals surface area (Å²) in [6, 6.07) is 0.147. The van der Waals surface area contributed by atoms with Gasteiger partial charge in [-0.3, -0.25) is 4.68 Å². The highest BCUT2D eigenvalue weighted by molar-refractivity contribution is 7.89. The van der Waals surface area contributed by atoms with Crippen LogP contribution in [0.3, 0.4) is 0 Å². The fourth-order valence-corrected chi connectivity index (χ4v) is 3.83. The van der Waals surface area contributed by atoms with Crippen molar-refractivity contribution in [3.63, 3.8) is 0 Å². The lowest BCUT2D eigenvalue weighted by molar-refractivity contribution is 0.286. The smallest absolute Gasteiger partial charge is 0.246 e. The Bertz CT molecular complexity index is 489. The number of nitrogens with zero attached hydrogens (tertiary/aromatic N) is 3. The van der Waals surface area contributed by atoms with Gasteiger partial charge in [-0.2, -0.15) is 9.40 Å². The number of sulfonamides is 1. The van der Waals surface area contributed by atoms with E-state index in [9.17, 15) is 8.42 Å². The first-order chi connectivity index (χ1) is 8.55. The minimum atomic E-state index is -3.38. The number of aryl methyl sites for hydroxylation is 1. The van der Waals surface area contributed by atoms with Gasteiger partial charge in [-0.05, 0) is 19.8 Å². The maximum atomic E-state index is 12.4. The van der Waals surface area contributed by atoms with Gasteiger partial charge in [-0.25, -0.2) is 8.42 Å². The zero-order chi connectivity index (χ0) is 13.2. The third kappa shape index (κ3) is 2.59. The quantitative estimate of drug-likeness (QED) is 0.840. The highest BCUT2D eigenvalue weighted by Crippen LogP contribution is 2.26. The van der Waals surface area contributed by atoms with Crippen LogP contribution >= 0.6 is 0 Å². The third-order valence-corrected chi connectivity index (χ3v) is 5.56. The molecule has 0 amide bonds. The van der Waals surface area contributed by atoms with Crippen LogP contribution in [0.5, 0.6) is 0 Å². The Morgan fingerprint density at radius 3 is 2.61 bits per heavy atom. The SMILES string of the molecule is CCn1cc(S(=O)(=O)N(C)C2CCCCC2)cn1. The van der Waals surface area contributed by atoms with Crippen LogP contribution in [-0.2, 0) is 16.6 Å². The summed E-state index contributed by atoms with van der Waals surface area (Å²) in [5, 5.41) is 4.04. The van der Waals surface area contributed by atoms with Crippen molar-refractivity contribution in [3.8, 4) is 0 Å². The van der Waals surface area contributed by atoms with Gasteiger partial charge in [0.2, 0.25) is 10.0 Å². The van der Waals surface area contributed by atoms with Crippen molar-refractivity contribution in [3.05, 3.63) is 12.4 Å². The first kappa shape index (κ1) is 13.5. The predicted octanol–water partition coefficient (Wildman–Crippen LogP) is 1.86. The molecule has 0 unspecified atom stereocenters. The van der Waals surface area contributed by atoms with Crippen molar-refractivity contribution in [2.45, 2.75) is 56.5 Å². The number of hydrogen-bond acceptors (Lipinski definition) is 3. The van der Waals surface area contributed by atoms with E-state index in [1.165, 1.54) is 16.9 Å². The number of hydrogen-bond donors (Lipinski definition) is 0. The zero-order valence-corrected chi connectivity index (χ0v) is 11.9. The van der Waals surface area contributed by atoms with Gasteiger partial charge >= 0.3 is 0 Å². The van der Waals surface area contributed by atoms with Crippen molar-refractivity contribution in [2.75, 3.05) is 7.05 Å². The molecule has 6 heteroatoms. The van der Waals surface area contributed by atoms with E-state index in [-0.39, 0.29) is 6.04 Å². The molecule has 0 aromatic carbocycles. The van der Waals surface area contributed by atoms with Crippen molar-refractivity contribution < 1.29 is 8.42 Å². The molecule has 1 fully saturated rings. The average molecular weight is 271 g/mol. The molecule has 2 rings (SSSR count). The molecule has 0 spiro atoms. The lowest BCUT2D eigenvalue weighted by Crippen LogP contribution is -2.38. The second-order valence-corrected chi connectivity index (χ2v) is 6.84. The van der Waals surface area contributed by atoms with E-state index in [0.29, 0.717) is 11.4 Å². The second-order valence-electron chi connectivity index (χ2n) is 4.84. The summed E-state index contributed by atoms with van der Waals surface area (Å²) in [7, 11) is -1.69. The standard InChI is InChI=1S/C12H21N3O2S/c1-3-15-10-12(9-13-15)18(16,17)14(2)11-7-5-4-6-8-11/h9-11H,3-8H2,1-2H3. The summed E-state index contributed by atoms with van der Waals surface area (Å²) in [5.41, 5.74) is 0. The summed E-state index contributed by atoms with van der Waals surface area (Å²) in [6.45, 7) is 2.62. The average Bonchev–Trinajstić information content (AvgIpc) is 2.88. The van der Waals surface area contributed by atoms with Gasteiger partial charge in [-0.15, -0.1) is 0 Å². The van der Waals surface area contributed by atoms with E-state index in [1.54, 1.807) is 17.9 Å². The molecule has 1 heterocycles. The second kappa shape index (κ2) is 5.40. The van der Waals surface area contributed by atoms with Crippen LogP contribution in [0, 0.1) is 0 Å². The van der Waals surface area contributed by atoms with Crippen molar-refractivity contribution in [1.29, 1.82) is 0 Å². The fourth-order valence-electron chi connectivity index (χ4n) is 2.46. The van der Waals surface area contributed by atoms with Gasteiger partial charge in [0.05, 0.1) is 6.20 Å². The monoisotopic (exact) mass is 271 g/mol. The summed E-state index contributed by atoms with van der Waals surface area (Å²) < 4.78 is 28.0. The van der Waals surface area contributed by atoms with Gasteiger partial charge in [0, 0.05) is 25.8 Å². The summed E-state index contributed by atoms with van der Waals surface area (Å²) in [5.74, 6) is 0. The molecule has 0 atom stereocenters. The summed E-state index contributed by atoms with van der Waals surface area (Å²) in [6.07, 6.45) is 8.46. The van der Waals surface area contributed by atoms with E-state index in [2.05, 4.69) is 5.10 Å². The molecule has 0 radical (unpaired) electrons. The van der Waals surface area contributed by atoms with Gasteiger partial charge in [0.1, 0.15) is 4.90 Å². The fraction of sp³-hybridized carbons (Fsp3) is 0.750. The highest BCUT2D eigenvalue weighted by Gasteiger charge is 2.29. The van der Waals surface area contributed by atoms with Crippen LogP contribution in [0.25, 0.3) is 0 Å². The Morgan fingerprint density at radius 2 is 2.06 bits per heavy atom. The normalized spacial score (nSPS) is 18.4. The van der Waals surface area contributed by atoms with Gasteiger partial charge < -0.3 is 0 Å². The van der Waals surface area contributed by atoms with Crippen LogP contribution in [0.15, 0.2) is 17.3 Å². The van der Waals surface area contributed by atoms with E-state index in [0.717, 1.165) is 25.7 Å². The molecular formula is C12H21N3O2S. The number of rotatable bonds is 4. The minimum Gasteiger partial charge on any atom is -0.272 e. The van der Waals surface area contributed by atoms with E-state index < -0.39 is 10.0 Å². The van der Waals surface area contributed by atoms with Crippen LogP contribution in [0.2, 0.25) is 0 Å². The molecule has 0 bridgehead atoms. The maximum Gasteiger partial charge on any atom is 0.246 e. The van der Waals surface area contributed by atoms with Gasteiger partial charge in [0.15, 0.2) is 0 Å². The van der Waals surface area contributed by atoms with Crippen LogP contribution < -0.4 is 0 Å². The topological polar surface area (TPSA) is 55.2 Å². The Morgan fingerprint density at radius 1 is 1.39 bits per heavy atom. The molecule has 102 valence electrons. The highest BCUT2D eigenvalue weighted by atomic mass is 32.2. The van der Waals surface area contributed by atoms with E-state index >= 15 is 0 Å². The molecule has 1 aliphatic carbocycles. The van der Waals surface area contributed by atoms with Gasteiger partial charge in [0.25, 0.3) is 0 Å². The number of aromatic nitrogens is 2. The maximum absolute atomic E-state index is 12.4. The van der Waals surface area contributed by atoms with Crippen molar-refractivity contribution in [2.24, 2.45) is 0 Å². The van der Waals surface area contributed by atoms with Crippen LogP contribution in [-0.4, -0.2) is 35.6 Å². The molecule has 5 nitrogen and oxygen atoms in total. The van der Waals surface area contributed by atoms with Crippen molar-refractivity contribution in [1.82, 2.24) is 14.1 Å². The van der Waals surface area contributed by atoms with E-state index in [4.69, 9.17) is 0 Å². The molecule has 1 saturated carbocycles. The Kier molecular flexibility index (Phi) is 4.07. The Hall–Kier alpha value is -0.880. The molecule has 0 aliphatic heterocycles. The third-order valence-electron chi connectivity index (χ3n) is 3.70. The molecule has 1 aromatic heterocycles. The summed E-state index contributed by atoms with van der Waals surface area (Å²) in [4.78, 5) is 0.303. The molecule has 18 heavy (non-hydrogen) atoms. The predicted molar refractivity (Wildman–Crippen MR) is 69.7 cm³/mol. The summed E-state index contributed by atoms with van der Waals surface area (Å²) >= 11 is 0. The first-order valence-electron chi connectivity index (χ1n) is 6.56. The molecule has 1 aliphatic rings. The van der Waals surface area contributed by atoms with Crippen molar-refractivity contribution >= 4 is 10.0 Å². The van der Waals surface area contributed by atoms with Gasteiger partial charge in [-0.1, -0.05) is 19.3 Å². The largest absolute Gasteiger partial charge is 0.272 e. The minimum absolute atomic E-state index is 0.147. The van der Waals surface area contributed by atoms with E-state index in [1.807, 2.05) is 6.92 Å². The Labute approximate surface area is 109 Å². The van der Waals surface area contributed by atoms with Crippen LogP contribution in [0.4, 0.5) is 0 Å². The molecular weight excluding hydrogens is 250 g/mol. The zero-order valence-electron chi connectivity index (χ0n) is 11.0. The lowest BCUT2D eigenvalue weighted by Gasteiger charge is -2.29. The Balaban J connectivity index is 2.18. The first-order valence-corrected chi connectivity index (χ1v) is 8.00. The molecule has 1 aromatic rings. The lowest BCUT2D eigenvalue weighted by atomic mass is 9.96.